The molecular formula is C12H13F3O3. The maximum absolute atomic E-state index is 12.3. The molecule has 0 aromatic heterocycles. The number of ether oxygens (including phenoxy) is 1. The molecule has 0 saturated heterocycles. The predicted molar refractivity (Wildman–Crippen MR) is 53.4 cm³/mol. The number of Topliss-reactive ketones (excluding diaryl/α,β-unsaturated/α-hetero) is 1. The Kier molecular flexibility index (Phi) is 2.32. The standard InChI is InChI=1S/C12H13F3O3/c13-12(14,15)10(17)18-11-3-6-1-7(4-11)9(16)8(2-6)5-11/h6-8H,1-5H2. The van der Waals surface area contributed by atoms with Crippen LogP contribution in [-0.2, 0) is 14.3 Å². The number of carbonyl (C=O) groups is 2. The van der Waals surface area contributed by atoms with Crippen LogP contribution >= 0.6 is 0 Å². The van der Waals surface area contributed by atoms with Crippen LogP contribution in [0.2, 0.25) is 0 Å². The molecule has 0 aromatic carbocycles. The van der Waals surface area contributed by atoms with Crippen molar-refractivity contribution in [3.05, 3.63) is 0 Å². The molecule has 4 saturated carbocycles. The Hall–Kier alpha value is -1.07. The van der Waals surface area contributed by atoms with Crippen molar-refractivity contribution < 1.29 is 27.5 Å². The number of halogens is 3. The molecule has 0 heterocycles. The van der Waals surface area contributed by atoms with Crippen molar-refractivity contribution >= 4 is 11.8 Å². The average Bonchev–Trinajstić information content (AvgIpc) is 2.22. The van der Waals surface area contributed by atoms with Gasteiger partial charge in [0.2, 0.25) is 0 Å². The lowest BCUT2D eigenvalue weighted by Crippen LogP contribution is -2.57. The summed E-state index contributed by atoms with van der Waals surface area (Å²) in [5.41, 5.74) is -1.03. The number of hydrogen-bond acceptors (Lipinski definition) is 3. The van der Waals surface area contributed by atoms with Crippen LogP contribution < -0.4 is 0 Å². The van der Waals surface area contributed by atoms with E-state index in [4.69, 9.17) is 4.74 Å². The summed E-state index contributed by atoms with van der Waals surface area (Å²) in [5.74, 6) is -2.11. The van der Waals surface area contributed by atoms with Crippen LogP contribution in [0.5, 0.6) is 0 Å². The molecule has 2 unspecified atom stereocenters. The largest absolute Gasteiger partial charge is 0.490 e. The number of rotatable bonds is 1. The minimum atomic E-state index is -4.95. The zero-order chi connectivity index (χ0) is 13.1. The van der Waals surface area contributed by atoms with Crippen molar-refractivity contribution in [1.82, 2.24) is 0 Å². The lowest BCUT2D eigenvalue weighted by molar-refractivity contribution is -0.229. The maximum atomic E-state index is 12.3. The Labute approximate surface area is 102 Å². The van der Waals surface area contributed by atoms with Crippen LogP contribution in [0.4, 0.5) is 13.2 Å². The van der Waals surface area contributed by atoms with E-state index in [0.717, 1.165) is 12.8 Å². The molecule has 4 aliphatic rings. The van der Waals surface area contributed by atoms with Gasteiger partial charge < -0.3 is 4.74 Å². The second-order valence-electron chi connectivity index (χ2n) is 5.82. The second kappa shape index (κ2) is 3.48. The molecule has 0 radical (unpaired) electrons. The smallest absolute Gasteiger partial charge is 0.452 e. The van der Waals surface area contributed by atoms with Crippen LogP contribution in [0.15, 0.2) is 0 Å². The molecule has 0 N–H and O–H groups in total. The molecule has 3 nitrogen and oxygen atoms in total. The van der Waals surface area contributed by atoms with E-state index in [1.165, 1.54) is 0 Å². The van der Waals surface area contributed by atoms with Gasteiger partial charge in [-0.15, -0.1) is 0 Å². The summed E-state index contributed by atoms with van der Waals surface area (Å²) < 4.78 is 41.6. The monoisotopic (exact) mass is 262 g/mol. The van der Waals surface area contributed by atoms with E-state index in [-0.39, 0.29) is 36.4 Å². The quantitative estimate of drug-likeness (QED) is 0.681. The number of hydrogen-bond donors (Lipinski definition) is 0. The normalized spacial score (nSPS) is 42.2. The van der Waals surface area contributed by atoms with E-state index < -0.39 is 17.7 Å². The average molecular weight is 262 g/mol. The fourth-order valence-electron chi connectivity index (χ4n) is 4.05. The summed E-state index contributed by atoms with van der Waals surface area (Å²) in [4.78, 5) is 22.8. The molecule has 100 valence electrons. The van der Waals surface area contributed by atoms with Gasteiger partial charge >= 0.3 is 12.1 Å². The molecule has 4 rings (SSSR count). The summed E-state index contributed by atoms with van der Waals surface area (Å²) in [7, 11) is 0. The highest BCUT2D eigenvalue weighted by molar-refractivity contribution is 5.86. The molecule has 4 fully saturated rings. The lowest BCUT2D eigenvalue weighted by Gasteiger charge is -2.54. The summed E-state index contributed by atoms with van der Waals surface area (Å²) in [5, 5.41) is 0. The highest BCUT2D eigenvalue weighted by Gasteiger charge is 2.58. The third-order valence-electron chi connectivity index (χ3n) is 4.48. The minimum absolute atomic E-state index is 0.157. The third kappa shape index (κ3) is 1.73. The molecular weight excluding hydrogens is 249 g/mol. The van der Waals surface area contributed by atoms with Crippen molar-refractivity contribution in [1.29, 1.82) is 0 Å². The third-order valence-corrected chi connectivity index (χ3v) is 4.48. The first kappa shape index (κ1) is 12.0. The van der Waals surface area contributed by atoms with Crippen molar-refractivity contribution in [3.8, 4) is 0 Å². The summed E-state index contributed by atoms with van der Waals surface area (Å²) >= 11 is 0. The second-order valence-corrected chi connectivity index (χ2v) is 5.82. The fourth-order valence-corrected chi connectivity index (χ4v) is 4.05. The van der Waals surface area contributed by atoms with E-state index in [2.05, 4.69) is 0 Å². The van der Waals surface area contributed by atoms with E-state index >= 15 is 0 Å². The Morgan fingerprint density at radius 2 is 1.72 bits per heavy atom. The molecule has 4 aliphatic carbocycles. The van der Waals surface area contributed by atoms with Crippen LogP contribution in [0, 0.1) is 17.8 Å². The number of esters is 1. The van der Waals surface area contributed by atoms with Gasteiger partial charge in [-0.3, -0.25) is 4.79 Å². The topological polar surface area (TPSA) is 43.4 Å². The van der Waals surface area contributed by atoms with Gasteiger partial charge in [0.15, 0.2) is 0 Å². The molecule has 2 atom stereocenters. The van der Waals surface area contributed by atoms with Gasteiger partial charge in [0.05, 0.1) is 0 Å². The van der Waals surface area contributed by atoms with E-state index in [1.54, 1.807) is 0 Å². The zero-order valence-electron chi connectivity index (χ0n) is 9.63. The Morgan fingerprint density at radius 1 is 1.17 bits per heavy atom. The molecule has 0 aromatic rings. The summed E-state index contributed by atoms with van der Waals surface area (Å²) in [6, 6.07) is 0. The van der Waals surface area contributed by atoms with Gasteiger partial charge in [0.1, 0.15) is 11.4 Å². The van der Waals surface area contributed by atoms with Crippen LogP contribution in [0.25, 0.3) is 0 Å². The Morgan fingerprint density at radius 3 is 2.22 bits per heavy atom. The van der Waals surface area contributed by atoms with Crippen LogP contribution in [0.3, 0.4) is 0 Å². The SMILES string of the molecule is O=C1C2CC3CC1CC(OC(=O)C(F)(F)F)(C3)C2. The van der Waals surface area contributed by atoms with Crippen molar-refractivity contribution in [2.75, 3.05) is 0 Å². The zero-order valence-corrected chi connectivity index (χ0v) is 9.63. The van der Waals surface area contributed by atoms with Gasteiger partial charge in [0.25, 0.3) is 0 Å². The van der Waals surface area contributed by atoms with Crippen molar-refractivity contribution in [3.63, 3.8) is 0 Å². The predicted octanol–water partition coefficient (Wildman–Crippen LogP) is 2.24. The summed E-state index contributed by atoms with van der Waals surface area (Å²) in [6.07, 6.45) is -2.41. The number of ketones is 1. The van der Waals surface area contributed by atoms with Gasteiger partial charge in [-0.2, -0.15) is 13.2 Å². The first-order chi connectivity index (χ1) is 8.29. The molecule has 6 heteroatoms. The Bertz CT molecular complexity index is 397. The van der Waals surface area contributed by atoms with Gasteiger partial charge in [-0.1, -0.05) is 0 Å². The highest BCUT2D eigenvalue weighted by Crippen LogP contribution is 2.55. The van der Waals surface area contributed by atoms with Gasteiger partial charge in [0, 0.05) is 11.8 Å². The van der Waals surface area contributed by atoms with Gasteiger partial charge in [-0.25, -0.2) is 4.79 Å². The molecule has 0 amide bonds. The molecule has 0 spiro atoms. The number of carbonyl (C=O) groups excluding carboxylic acids is 2. The Balaban J connectivity index is 1.81. The minimum Gasteiger partial charge on any atom is -0.452 e. The first-order valence-electron chi connectivity index (χ1n) is 6.13. The van der Waals surface area contributed by atoms with Crippen molar-refractivity contribution in [2.45, 2.75) is 43.9 Å². The number of alkyl halides is 3. The van der Waals surface area contributed by atoms with Crippen LogP contribution in [0.1, 0.15) is 32.1 Å². The van der Waals surface area contributed by atoms with Crippen molar-refractivity contribution in [2.24, 2.45) is 17.8 Å². The van der Waals surface area contributed by atoms with Crippen LogP contribution in [-0.4, -0.2) is 23.5 Å². The van der Waals surface area contributed by atoms with E-state index in [0.29, 0.717) is 6.42 Å². The van der Waals surface area contributed by atoms with E-state index in [1.807, 2.05) is 0 Å². The summed E-state index contributed by atoms with van der Waals surface area (Å²) in [6.45, 7) is 0. The molecule has 18 heavy (non-hydrogen) atoms. The fraction of sp³-hybridized carbons (Fsp3) is 0.833. The van der Waals surface area contributed by atoms with Gasteiger partial charge in [-0.05, 0) is 38.0 Å². The van der Waals surface area contributed by atoms with E-state index in [9.17, 15) is 22.8 Å². The first-order valence-corrected chi connectivity index (χ1v) is 6.13. The lowest BCUT2D eigenvalue weighted by atomic mass is 9.53. The molecule has 4 bridgehead atoms. The maximum Gasteiger partial charge on any atom is 0.490 e. The highest BCUT2D eigenvalue weighted by atomic mass is 19.4. The molecule has 0 aliphatic heterocycles.